The number of rotatable bonds is 3. The molecule has 1 aromatic heterocycles. The minimum Gasteiger partial charge on any atom is -0.507 e. The topological polar surface area (TPSA) is 79.9 Å². The lowest BCUT2D eigenvalue weighted by molar-refractivity contribution is 0.0559. The minimum atomic E-state index is -1.16. The van der Waals surface area contributed by atoms with Crippen LogP contribution in [0.15, 0.2) is 16.5 Å². The summed E-state index contributed by atoms with van der Waals surface area (Å²) in [6.45, 7) is 4.52. The van der Waals surface area contributed by atoms with E-state index in [1.54, 1.807) is 19.9 Å². The molecule has 0 fully saturated rings. The summed E-state index contributed by atoms with van der Waals surface area (Å²) in [5.74, 6) is 0.0819. The number of aliphatic hydroxyl groups is 1. The summed E-state index contributed by atoms with van der Waals surface area (Å²) in [5.41, 5.74) is -0.690. The summed E-state index contributed by atoms with van der Waals surface area (Å²) in [5, 5.41) is 20.4. The Kier molecular flexibility index (Phi) is 3.02. The van der Waals surface area contributed by atoms with E-state index >= 15 is 0 Å². The van der Waals surface area contributed by atoms with Crippen LogP contribution in [0.1, 0.15) is 36.9 Å². The van der Waals surface area contributed by atoms with E-state index in [0.29, 0.717) is 16.7 Å². The number of ether oxygens (including phenoxy) is 1. The van der Waals surface area contributed by atoms with Gasteiger partial charge in [-0.25, -0.2) is 0 Å². The molecule has 0 unspecified atom stereocenters. The van der Waals surface area contributed by atoms with Crippen LogP contribution in [0.2, 0.25) is 0 Å². The first-order valence-electron chi connectivity index (χ1n) is 5.83. The first-order valence-corrected chi connectivity index (χ1v) is 5.83. The number of carbonyl (C=O) groups excluding carboxylic acids is 1. The van der Waals surface area contributed by atoms with Gasteiger partial charge in [-0.2, -0.15) is 0 Å². The van der Waals surface area contributed by atoms with E-state index in [2.05, 4.69) is 0 Å². The highest BCUT2D eigenvalue weighted by molar-refractivity contribution is 6.05. The van der Waals surface area contributed by atoms with Crippen LogP contribution < -0.4 is 4.74 Å². The highest BCUT2D eigenvalue weighted by atomic mass is 16.5. The van der Waals surface area contributed by atoms with E-state index in [1.165, 1.54) is 20.1 Å². The Hall–Kier alpha value is -2.01. The molecule has 2 rings (SSSR count). The molecule has 2 N–H and O–H groups in total. The van der Waals surface area contributed by atoms with Crippen LogP contribution in [-0.2, 0) is 5.60 Å². The van der Waals surface area contributed by atoms with Gasteiger partial charge in [-0.05, 0) is 26.8 Å². The van der Waals surface area contributed by atoms with Crippen molar-refractivity contribution in [3.63, 3.8) is 0 Å². The first-order chi connectivity index (χ1) is 8.75. The van der Waals surface area contributed by atoms with E-state index in [9.17, 15) is 15.0 Å². The molecule has 5 heteroatoms. The zero-order valence-electron chi connectivity index (χ0n) is 11.3. The number of hydrogen-bond acceptors (Lipinski definition) is 5. The van der Waals surface area contributed by atoms with Gasteiger partial charge in [-0.15, -0.1) is 0 Å². The number of hydrogen-bond donors (Lipinski definition) is 2. The van der Waals surface area contributed by atoms with Crippen molar-refractivity contribution in [1.29, 1.82) is 0 Å². The molecule has 0 bridgehead atoms. The molecule has 0 radical (unpaired) electrons. The Morgan fingerprint density at radius 1 is 1.37 bits per heavy atom. The van der Waals surface area contributed by atoms with Crippen molar-refractivity contribution < 1.29 is 24.2 Å². The summed E-state index contributed by atoms with van der Waals surface area (Å²) in [6, 6.07) is 2.96. The van der Waals surface area contributed by atoms with E-state index in [-0.39, 0.29) is 22.8 Å². The molecule has 2 aromatic rings. The molecular weight excluding hydrogens is 248 g/mol. The van der Waals surface area contributed by atoms with Gasteiger partial charge >= 0.3 is 0 Å². The van der Waals surface area contributed by atoms with E-state index in [0.717, 1.165) is 0 Å². The fourth-order valence-electron chi connectivity index (χ4n) is 1.99. The maximum atomic E-state index is 11.6. The van der Waals surface area contributed by atoms with Crippen LogP contribution in [0.4, 0.5) is 0 Å². The quantitative estimate of drug-likeness (QED) is 0.833. The number of ketones is 1. The highest BCUT2D eigenvalue weighted by Gasteiger charge is 2.25. The maximum Gasteiger partial charge on any atom is 0.167 e. The predicted molar refractivity (Wildman–Crippen MR) is 69.7 cm³/mol. The van der Waals surface area contributed by atoms with Crippen LogP contribution in [0.5, 0.6) is 11.5 Å². The average Bonchev–Trinajstić information content (AvgIpc) is 2.69. The van der Waals surface area contributed by atoms with E-state index in [4.69, 9.17) is 9.15 Å². The van der Waals surface area contributed by atoms with Gasteiger partial charge in [0.1, 0.15) is 34.0 Å². The maximum absolute atomic E-state index is 11.6. The van der Waals surface area contributed by atoms with Crippen LogP contribution in [0, 0.1) is 0 Å². The summed E-state index contributed by atoms with van der Waals surface area (Å²) < 4.78 is 10.7. The van der Waals surface area contributed by atoms with Crippen molar-refractivity contribution in [2.24, 2.45) is 0 Å². The molecule has 0 amide bonds. The molecule has 0 saturated carbocycles. The number of furan rings is 1. The Bertz CT molecular complexity index is 646. The minimum absolute atomic E-state index is 0.109. The van der Waals surface area contributed by atoms with Crippen LogP contribution >= 0.6 is 0 Å². The number of phenolic OH excluding ortho intramolecular Hbond substituents is 1. The molecule has 0 atom stereocenters. The zero-order valence-corrected chi connectivity index (χ0v) is 11.3. The molecule has 1 aromatic carbocycles. The smallest absolute Gasteiger partial charge is 0.167 e. The second-order valence-corrected chi connectivity index (χ2v) is 4.94. The number of Topliss-reactive ketones (excluding diaryl/α,β-unsaturated/α-hetero) is 1. The van der Waals surface area contributed by atoms with E-state index in [1.807, 2.05) is 0 Å². The number of methoxy groups -OCH3 is 1. The molecule has 0 aliphatic rings. The molecular formula is C14H16O5. The molecule has 0 aliphatic carbocycles. The fourth-order valence-corrected chi connectivity index (χ4v) is 1.99. The Balaban J connectivity index is 2.82. The Morgan fingerprint density at radius 3 is 2.47 bits per heavy atom. The van der Waals surface area contributed by atoms with Crippen LogP contribution in [-0.4, -0.2) is 23.1 Å². The van der Waals surface area contributed by atoms with Gasteiger partial charge in [-0.3, -0.25) is 4.79 Å². The number of carbonyl (C=O) groups is 1. The van der Waals surface area contributed by atoms with Gasteiger partial charge in [0.05, 0.1) is 12.5 Å². The van der Waals surface area contributed by atoms with Gasteiger partial charge < -0.3 is 19.4 Å². The van der Waals surface area contributed by atoms with Crippen molar-refractivity contribution in [3.05, 3.63) is 23.5 Å². The standard InChI is InChI=1S/C14H16O5/c1-7(15)12-9(16)6-10-8(13(12)18-4)5-11(19-10)14(2,3)17/h5-6,16-17H,1-4H3. The summed E-state index contributed by atoms with van der Waals surface area (Å²) in [4.78, 5) is 11.6. The van der Waals surface area contributed by atoms with E-state index < -0.39 is 5.60 Å². The summed E-state index contributed by atoms with van der Waals surface area (Å²) in [7, 11) is 1.41. The fraction of sp³-hybridized carbons (Fsp3) is 0.357. The predicted octanol–water partition coefficient (Wildman–Crippen LogP) is 2.58. The van der Waals surface area contributed by atoms with Crippen molar-refractivity contribution in [2.45, 2.75) is 26.4 Å². The lowest BCUT2D eigenvalue weighted by Gasteiger charge is -2.12. The Morgan fingerprint density at radius 2 is 2.00 bits per heavy atom. The van der Waals surface area contributed by atoms with Crippen molar-refractivity contribution in [2.75, 3.05) is 7.11 Å². The number of fused-ring (bicyclic) bond motifs is 1. The SMILES string of the molecule is COc1c(C(C)=O)c(O)cc2oc(C(C)(C)O)cc12. The number of phenols is 1. The normalized spacial score (nSPS) is 11.8. The first kappa shape index (κ1) is 13.4. The third-order valence-corrected chi connectivity index (χ3v) is 2.92. The lowest BCUT2D eigenvalue weighted by atomic mass is 10.0. The summed E-state index contributed by atoms with van der Waals surface area (Å²) in [6.07, 6.45) is 0. The van der Waals surface area contributed by atoms with Gasteiger partial charge in [0.2, 0.25) is 0 Å². The highest BCUT2D eigenvalue weighted by Crippen LogP contribution is 2.40. The van der Waals surface area contributed by atoms with Gasteiger partial charge in [0, 0.05) is 6.07 Å². The van der Waals surface area contributed by atoms with Crippen LogP contribution in [0.3, 0.4) is 0 Å². The second-order valence-electron chi connectivity index (χ2n) is 4.94. The molecule has 0 aliphatic heterocycles. The monoisotopic (exact) mass is 264 g/mol. The number of benzene rings is 1. The molecule has 1 heterocycles. The Labute approximate surface area is 110 Å². The van der Waals surface area contributed by atoms with Gasteiger partial charge in [-0.1, -0.05) is 0 Å². The third kappa shape index (κ3) is 2.17. The second kappa shape index (κ2) is 4.28. The molecule has 19 heavy (non-hydrogen) atoms. The van der Waals surface area contributed by atoms with Crippen molar-refractivity contribution in [1.82, 2.24) is 0 Å². The van der Waals surface area contributed by atoms with Crippen LogP contribution in [0.25, 0.3) is 11.0 Å². The lowest BCUT2D eigenvalue weighted by Crippen LogP contribution is -2.13. The number of aromatic hydroxyl groups is 1. The van der Waals surface area contributed by atoms with Gasteiger partial charge in [0.15, 0.2) is 5.78 Å². The molecule has 102 valence electrons. The third-order valence-electron chi connectivity index (χ3n) is 2.92. The van der Waals surface area contributed by atoms with Crippen molar-refractivity contribution >= 4 is 16.8 Å². The average molecular weight is 264 g/mol. The molecule has 0 spiro atoms. The molecule has 0 saturated heterocycles. The summed E-state index contributed by atoms with van der Waals surface area (Å²) >= 11 is 0. The van der Waals surface area contributed by atoms with Gasteiger partial charge in [0.25, 0.3) is 0 Å². The largest absolute Gasteiger partial charge is 0.507 e. The molecule has 5 nitrogen and oxygen atoms in total. The van der Waals surface area contributed by atoms with Crippen molar-refractivity contribution in [3.8, 4) is 11.5 Å². The zero-order chi connectivity index (χ0) is 14.4.